The highest BCUT2D eigenvalue weighted by Crippen LogP contribution is 2.28. The van der Waals surface area contributed by atoms with E-state index in [1.807, 2.05) is 19.2 Å². The Morgan fingerprint density at radius 3 is 2.83 bits per heavy atom. The standard InChI is InChI=1S/C14H16FNOS/c1-16(7-8-17)10-13-5-6-14(18-13)11-3-2-4-12(15)9-11/h2-6,9,17H,7-8,10H2,1H3. The van der Waals surface area contributed by atoms with Crippen molar-refractivity contribution < 1.29 is 9.50 Å². The van der Waals surface area contributed by atoms with E-state index >= 15 is 0 Å². The number of hydrogen-bond donors (Lipinski definition) is 1. The van der Waals surface area contributed by atoms with E-state index in [4.69, 9.17) is 5.11 Å². The minimum atomic E-state index is -0.208. The maximum atomic E-state index is 13.1. The quantitative estimate of drug-likeness (QED) is 0.898. The van der Waals surface area contributed by atoms with Crippen molar-refractivity contribution in [3.05, 3.63) is 47.1 Å². The summed E-state index contributed by atoms with van der Waals surface area (Å²) in [5.74, 6) is -0.208. The molecule has 4 heteroatoms. The van der Waals surface area contributed by atoms with E-state index < -0.39 is 0 Å². The summed E-state index contributed by atoms with van der Waals surface area (Å²) in [6.07, 6.45) is 0. The lowest BCUT2D eigenvalue weighted by Gasteiger charge is -2.13. The summed E-state index contributed by atoms with van der Waals surface area (Å²) in [5, 5.41) is 8.85. The number of likely N-dealkylation sites (N-methyl/N-ethyl adjacent to an activating group) is 1. The molecule has 0 aliphatic rings. The van der Waals surface area contributed by atoms with Gasteiger partial charge in [-0.3, -0.25) is 4.90 Å². The van der Waals surface area contributed by atoms with Crippen LogP contribution in [-0.2, 0) is 6.54 Å². The van der Waals surface area contributed by atoms with Gasteiger partial charge in [0.2, 0.25) is 0 Å². The fourth-order valence-corrected chi connectivity index (χ4v) is 2.86. The molecule has 0 atom stereocenters. The van der Waals surface area contributed by atoms with Gasteiger partial charge in [0.15, 0.2) is 0 Å². The van der Waals surface area contributed by atoms with Gasteiger partial charge in [0, 0.05) is 22.8 Å². The van der Waals surface area contributed by atoms with Crippen LogP contribution in [0, 0.1) is 5.82 Å². The minimum absolute atomic E-state index is 0.165. The highest BCUT2D eigenvalue weighted by Gasteiger charge is 2.06. The van der Waals surface area contributed by atoms with Crippen molar-refractivity contribution in [1.29, 1.82) is 0 Å². The average Bonchev–Trinajstić information content (AvgIpc) is 2.78. The SMILES string of the molecule is CN(CCO)Cc1ccc(-c2cccc(F)c2)s1. The number of halogens is 1. The van der Waals surface area contributed by atoms with Crippen LogP contribution in [0.2, 0.25) is 0 Å². The highest BCUT2D eigenvalue weighted by atomic mass is 32.1. The fourth-order valence-electron chi connectivity index (χ4n) is 1.78. The molecule has 1 heterocycles. The molecule has 0 saturated carbocycles. The summed E-state index contributed by atoms with van der Waals surface area (Å²) in [6, 6.07) is 10.7. The monoisotopic (exact) mass is 265 g/mol. The van der Waals surface area contributed by atoms with E-state index in [9.17, 15) is 4.39 Å². The van der Waals surface area contributed by atoms with Crippen molar-refractivity contribution in [1.82, 2.24) is 4.90 Å². The molecule has 1 aromatic heterocycles. The largest absolute Gasteiger partial charge is 0.395 e. The first-order chi connectivity index (χ1) is 8.69. The number of hydrogen-bond acceptors (Lipinski definition) is 3. The van der Waals surface area contributed by atoms with Gasteiger partial charge in [-0.1, -0.05) is 12.1 Å². The van der Waals surface area contributed by atoms with Crippen LogP contribution in [-0.4, -0.2) is 30.2 Å². The molecule has 0 amide bonds. The summed E-state index contributed by atoms with van der Waals surface area (Å²) >= 11 is 1.66. The van der Waals surface area contributed by atoms with E-state index in [-0.39, 0.29) is 12.4 Å². The molecular formula is C14H16FNOS. The second-order valence-corrected chi connectivity index (χ2v) is 5.41. The number of aliphatic hydroxyl groups is 1. The number of aliphatic hydroxyl groups excluding tert-OH is 1. The molecule has 1 aromatic carbocycles. The first-order valence-corrected chi connectivity index (χ1v) is 6.65. The summed E-state index contributed by atoms with van der Waals surface area (Å²) in [4.78, 5) is 4.34. The third-order valence-corrected chi connectivity index (χ3v) is 3.80. The molecule has 0 aliphatic heterocycles. The van der Waals surface area contributed by atoms with E-state index in [1.165, 1.54) is 10.9 Å². The lowest BCUT2D eigenvalue weighted by atomic mass is 10.2. The molecule has 0 aliphatic carbocycles. The number of thiophene rings is 1. The molecular weight excluding hydrogens is 249 g/mol. The zero-order valence-electron chi connectivity index (χ0n) is 10.3. The lowest BCUT2D eigenvalue weighted by molar-refractivity contribution is 0.218. The van der Waals surface area contributed by atoms with Gasteiger partial charge < -0.3 is 5.11 Å². The first kappa shape index (κ1) is 13.2. The predicted molar refractivity (Wildman–Crippen MR) is 73.1 cm³/mol. The number of nitrogens with zero attached hydrogens (tertiary/aromatic N) is 1. The Labute approximate surface area is 110 Å². The second-order valence-electron chi connectivity index (χ2n) is 4.24. The van der Waals surface area contributed by atoms with E-state index in [0.717, 1.165) is 17.0 Å². The molecule has 2 rings (SSSR count). The van der Waals surface area contributed by atoms with Gasteiger partial charge in [0.1, 0.15) is 5.82 Å². The summed E-state index contributed by atoms with van der Waals surface area (Å²) in [7, 11) is 1.97. The van der Waals surface area contributed by atoms with Gasteiger partial charge in [0.25, 0.3) is 0 Å². The van der Waals surface area contributed by atoms with Crippen LogP contribution >= 0.6 is 11.3 Å². The molecule has 2 nitrogen and oxygen atoms in total. The molecule has 0 bridgehead atoms. The van der Waals surface area contributed by atoms with Gasteiger partial charge in [-0.05, 0) is 36.9 Å². The molecule has 96 valence electrons. The van der Waals surface area contributed by atoms with Gasteiger partial charge >= 0.3 is 0 Å². The van der Waals surface area contributed by atoms with Crippen LogP contribution in [0.4, 0.5) is 4.39 Å². The molecule has 0 saturated heterocycles. The topological polar surface area (TPSA) is 23.5 Å². The Balaban J connectivity index is 2.10. The minimum Gasteiger partial charge on any atom is -0.395 e. The molecule has 1 N–H and O–H groups in total. The van der Waals surface area contributed by atoms with E-state index in [2.05, 4.69) is 11.0 Å². The smallest absolute Gasteiger partial charge is 0.123 e. The fraction of sp³-hybridized carbons (Fsp3) is 0.286. The second kappa shape index (κ2) is 6.09. The van der Waals surface area contributed by atoms with Crippen LogP contribution in [0.25, 0.3) is 10.4 Å². The van der Waals surface area contributed by atoms with Crippen LogP contribution in [0.15, 0.2) is 36.4 Å². The number of rotatable bonds is 5. The first-order valence-electron chi connectivity index (χ1n) is 5.83. The molecule has 0 radical (unpaired) electrons. The number of benzene rings is 1. The van der Waals surface area contributed by atoms with Crippen molar-refractivity contribution in [2.45, 2.75) is 6.54 Å². The predicted octanol–water partition coefficient (Wildman–Crippen LogP) is 2.98. The van der Waals surface area contributed by atoms with Crippen LogP contribution < -0.4 is 0 Å². The Bertz CT molecular complexity index is 512. The van der Waals surface area contributed by atoms with Crippen LogP contribution in [0.5, 0.6) is 0 Å². The lowest BCUT2D eigenvalue weighted by Crippen LogP contribution is -2.20. The van der Waals surface area contributed by atoms with Gasteiger partial charge in [-0.25, -0.2) is 4.39 Å². The molecule has 0 unspecified atom stereocenters. The van der Waals surface area contributed by atoms with Gasteiger partial charge in [-0.2, -0.15) is 0 Å². The van der Waals surface area contributed by atoms with Crippen molar-refractivity contribution in [2.75, 3.05) is 20.2 Å². The van der Waals surface area contributed by atoms with Crippen molar-refractivity contribution in [2.24, 2.45) is 0 Å². The van der Waals surface area contributed by atoms with Crippen LogP contribution in [0.3, 0.4) is 0 Å². The Morgan fingerprint density at radius 1 is 1.28 bits per heavy atom. The Kier molecular flexibility index (Phi) is 4.47. The van der Waals surface area contributed by atoms with Crippen molar-refractivity contribution in [3.63, 3.8) is 0 Å². The molecule has 2 aromatic rings. The third kappa shape index (κ3) is 3.38. The maximum absolute atomic E-state index is 13.1. The van der Waals surface area contributed by atoms with E-state index in [1.54, 1.807) is 23.5 Å². The summed E-state index contributed by atoms with van der Waals surface area (Å²) in [5.41, 5.74) is 0.913. The van der Waals surface area contributed by atoms with Crippen LogP contribution in [0.1, 0.15) is 4.88 Å². The zero-order chi connectivity index (χ0) is 13.0. The Hall–Kier alpha value is -1.23. The van der Waals surface area contributed by atoms with Gasteiger partial charge in [0.05, 0.1) is 6.61 Å². The van der Waals surface area contributed by atoms with Gasteiger partial charge in [-0.15, -0.1) is 11.3 Å². The van der Waals surface area contributed by atoms with E-state index in [0.29, 0.717) is 6.54 Å². The zero-order valence-corrected chi connectivity index (χ0v) is 11.1. The summed E-state index contributed by atoms with van der Waals surface area (Å²) in [6.45, 7) is 1.63. The molecule has 0 spiro atoms. The van der Waals surface area contributed by atoms with Crippen molar-refractivity contribution >= 4 is 11.3 Å². The highest BCUT2D eigenvalue weighted by molar-refractivity contribution is 7.15. The normalized spacial score (nSPS) is 11.1. The van der Waals surface area contributed by atoms with Crippen molar-refractivity contribution in [3.8, 4) is 10.4 Å². The molecule has 18 heavy (non-hydrogen) atoms. The third-order valence-electron chi connectivity index (χ3n) is 2.68. The molecule has 0 fully saturated rings. The Morgan fingerprint density at radius 2 is 2.11 bits per heavy atom. The summed E-state index contributed by atoms with van der Waals surface area (Å²) < 4.78 is 13.1. The average molecular weight is 265 g/mol. The maximum Gasteiger partial charge on any atom is 0.123 e.